The molecule has 1 aliphatic carbocycles. The van der Waals surface area contributed by atoms with Crippen LogP contribution in [0.15, 0.2) is 0 Å². The van der Waals surface area contributed by atoms with Crippen LogP contribution in [0.25, 0.3) is 0 Å². The van der Waals surface area contributed by atoms with Crippen molar-refractivity contribution in [1.82, 2.24) is 0 Å². The molecule has 12 heavy (non-hydrogen) atoms. The number of hydrogen-bond donors (Lipinski definition) is 2. The van der Waals surface area contributed by atoms with Crippen LogP contribution in [0.1, 0.15) is 25.7 Å². The Kier molecular flexibility index (Phi) is 5.25. The van der Waals surface area contributed by atoms with Gasteiger partial charge in [-0.25, -0.2) is 0 Å². The van der Waals surface area contributed by atoms with Crippen LogP contribution in [0.4, 0.5) is 0 Å². The molecule has 0 aromatic heterocycles. The molecule has 0 radical (unpaired) electrons. The molecule has 0 aliphatic heterocycles. The minimum absolute atomic E-state index is 0. The quantitative estimate of drug-likeness (QED) is 0.697. The molecule has 0 aromatic rings. The SMILES string of the molecule is Cl.O=C(O)C1CCCCC1CO. The van der Waals surface area contributed by atoms with E-state index >= 15 is 0 Å². The summed E-state index contributed by atoms with van der Waals surface area (Å²) in [5.41, 5.74) is 0. The minimum atomic E-state index is -0.747. The van der Waals surface area contributed by atoms with Crippen molar-refractivity contribution in [2.45, 2.75) is 25.7 Å². The van der Waals surface area contributed by atoms with Gasteiger partial charge in [-0.1, -0.05) is 12.8 Å². The topological polar surface area (TPSA) is 57.5 Å². The second-order valence-corrected chi connectivity index (χ2v) is 3.17. The lowest BCUT2D eigenvalue weighted by Crippen LogP contribution is -2.29. The molecule has 2 atom stereocenters. The van der Waals surface area contributed by atoms with Crippen molar-refractivity contribution >= 4 is 18.4 Å². The highest BCUT2D eigenvalue weighted by Crippen LogP contribution is 2.29. The van der Waals surface area contributed by atoms with Crippen LogP contribution in [-0.4, -0.2) is 22.8 Å². The Morgan fingerprint density at radius 1 is 1.33 bits per heavy atom. The average Bonchev–Trinajstić information content (AvgIpc) is 2.04. The molecule has 0 spiro atoms. The van der Waals surface area contributed by atoms with Gasteiger partial charge in [0.05, 0.1) is 5.92 Å². The highest BCUT2D eigenvalue weighted by Gasteiger charge is 2.29. The largest absolute Gasteiger partial charge is 0.481 e. The number of carboxylic acid groups (broad SMARTS) is 1. The van der Waals surface area contributed by atoms with Gasteiger partial charge < -0.3 is 10.2 Å². The molecule has 0 bridgehead atoms. The molecule has 0 amide bonds. The highest BCUT2D eigenvalue weighted by molar-refractivity contribution is 5.85. The van der Waals surface area contributed by atoms with E-state index in [-0.39, 0.29) is 30.8 Å². The first kappa shape index (κ1) is 11.7. The monoisotopic (exact) mass is 194 g/mol. The van der Waals surface area contributed by atoms with E-state index in [4.69, 9.17) is 10.2 Å². The second kappa shape index (κ2) is 5.38. The molecule has 0 heterocycles. The maximum atomic E-state index is 10.6. The number of aliphatic carboxylic acids is 1. The molecule has 2 unspecified atom stereocenters. The van der Waals surface area contributed by atoms with Gasteiger partial charge >= 0.3 is 5.97 Å². The highest BCUT2D eigenvalue weighted by atomic mass is 35.5. The average molecular weight is 195 g/mol. The Morgan fingerprint density at radius 2 is 1.92 bits per heavy atom. The first-order chi connectivity index (χ1) is 5.25. The zero-order valence-corrected chi connectivity index (χ0v) is 7.72. The number of halogens is 1. The predicted octanol–water partition coefficient (Wildman–Crippen LogP) is 1.29. The van der Waals surface area contributed by atoms with Gasteiger partial charge in [0, 0.05) is 6.61 Å². The lowest BCUT2D eigenvalue weighted by molar-refractivity contribution is -0.145. The Morgan fingerprint density at radius 3 is 2.33 bits per heavy atom. The first-order valence-corrected chi connectivity index (χ1v) is 4.09. The third kappa shape index (κ3) is 2.64. The van der Waals surface area contributed by atoms with Crippen LogP contribution in [0.2, 0.25) is 0 Å². The molecule has 0 aromatic carbocycles. The van der Waals surface area contributed by atoms with Crippen LogP contribution in [0.5, 0.6) is 0 Å². The summed E-state index contributed by atoms with van der Waals surface area (Å²) >= 11 is 0. The summed E-state index contributed by atoms with van der Waals surface area (Å²) in [6, 6.07) is 0. The fourth-order valence-electron chi connectivity index (χ4n) is 1.75. The maximum absolute atomic E-state index is 10.6. The van der Waals surface area contributed by atoms with Gasteiger partial charge in [0.1, 0.15) is 0 Å². The summed E-state index contributed by atoms with van der Waals surface area (Å²) in [5, 5.41) is 17.6. The molecule has 4 heteroatoms. The van der Waals surface area contributed by atoms with Crippen molar-refractivity contribution in [3.8, 4) is 0 Å². The van der Waals surface area contributed by atoms with Crippen LogP contribution in [0, 0.1) is 11.8 Å². The second-order valence-electron chi connectivity index (χ2n) is 3.17. The van der Waals surface area contributed by atoms with Gasteiger partial charge in [-0.15, -0.1) is 12.4 Å². The van der Waals surface area contributed by atoms with E-state index in [2.05, 4.69) is 0 Å². The molecule has 72 valence electrons. The minimum Gasteiger partial charge on any atom is -0.481 e. The molecule has 1 fully saturated rings. The van der Waals surface area contributed by atoms with Crippen molar-refractivity contribution in [3.63, 3.8) is 0 Å². The molecule has 1 rings (SSSR count). The first-order valence-electron chi connectivity index (χ1n) is 4.09. The Balaban J connectivity index is 0.00000121. The van der Waals surface area contributed by atoms with E-state index < -0.39 is 5.97 Å². The van der Waals surface area contributed by atoms with Crippen LogP contribution in [0.3, 0.4) is 0 Å². The lowest BCUT2D eigenvalue weighted by atomic mass is 9.80. The van der Waals surface area contributed by atoms with Gasteiger partial charge in [0.2, 0.25) is 0 Å². The Hall–Kier alpha value is -0.280. The third-order valence-electron chi connectivity index (χ3n) is 2.46. The number of carboxylic acids is 1. The number of carbonyl (C=O) groups is 1. The van der Waals surface area contributed by atoms with Crippen molar-refractivity contribution in [1.29, 1.82) is 0 Å². The summed E-state index contributed by atoms with van der Waals surface area (Å²) in [4.78, 5) is 10.6. The Labute approximate surface area is 78.2 Å². The standard InChI is InChI=1S/C8H14O3.ClH/c9-5-6-3-1-2-4-7(6)8(10)11;/h6-7,9H,1-5H2,(H,10,11);1H. The van der Waals surface area contributed by atoms with E-state index in [1.54, 1.807) is 0 Å². The Bertz CT molecular complexity index is 149. The third-order valence-corrected chi connectivity index (χ3v) is 2.46. The number of aliphatic hydroxyl groups excluding tert-OH is 1. The summed E-state index contributed by atoms with van der Waals surface area (Å²) in [6.07, 6.45) is 3.66. The number of aliphatic hydroxyl groups is 1. The molecule has 0 saturated heterocycles. The van der Waals surface area contributed by atoms with Gasteiger partial charge in [-0.05, 0) is 18.8 Å². The smallest absolute Gasteiger partial charge is 0.306 e. The van der Waals surface area contributed by atoms with Gasteiger partial charge in [-0.3, -0.25) is 4.79 Å². The predicted molar refractivity (Wildman–Crippen MR) is 47.4 cm³/mol. The van der Waals surface area contributed by atoms with Crippen LogP contribution >= 0.6 is 12.4 Å². The van der Waals surface area contributed by atoms with Crippen molar-refractivity contribution < 1.29 is 15.0 Å². The van der Waals surface area contributed by atoms with Gasteiger partial charge in [0.25, 0.3) is 0 Å². The summed E-state index contributed by atoms with van der Waals surface area (Å²) in [7, 11) is 0. The van der Waals surface area contributed by atoms with Crippen LogP contribution < -0.4 is 0 Å². The van der Waals surface area contributed by atoms with Crippen LogP contribution in [-0.2, 0) is 4.79 Å². The summed E-state index contributed by atoms with van der Waals surface area (Å²) in [5.74, 6) is -1.04. The fourth-order valence-corrected chi connectivity index (χ4v) is 1.75. The normalized spacial score (nSPS) is 29.1. The van der Waals surface area contributed by atoms with E-state index in [0.29, 0.717) is 0 Å². The zero-order valence-electron chi connectivity index (χ0n) is 6.90. The molecule has 1 aliphatic rings. The fraction of sp³-hybridized carbons (Fsp3) is 0.875. The maximum Gasteiger partial charge on any atom is 0.306 e. The molecule has 2 N–H and O–H groups in total. The van der Waals surface area contributed by atoms with Crippen molar-refractivity contribution in [3.05, 3.63) is 0 Å². The van der Waals surface area contributed by atoms with Crippen molar-refractivity contribution in [2.24, 2.45) is 11.8 Å². The summed E-state index contributed by atoms with van der Waals surface area (Å²) < 4.78 is 0. The van der Waals surface area contributed by atoms with E-state index in [1.165, 1.54) is 0 Å². The molecule has 3 nitrogen and oxygen atoms in total. The van der Waals surface area contributed by atoms with E-state index in [1.807, 2.05) is 0 Å². The van der Waals surface area contributed by atoms with Gasteiger partial charge in [-0.2, -0.15) is 0 Å². The van der Waals surface area contributed by atoms with Gasteiger partial charge in [0.15, 0.2) is 0 Å². The van der Waals surface area contributed by atoms with Crippen molar-refractivity contribution in [2.75, 3.05) is 6.61 Å². The molecular formula is C8H15ClO3. The molecule has 1 saturated carbocycles. The number of rotatable bonds is 2. The lowest BCUT2D eigenvalue weighted by Gasteiger charge is -2.26. The summed E-state index contributed by atoms with van der Waals surface area (Å²) in [6.45, 7) is 0.0248. The van der Waals surface area contributed by atoms with E-state index in [9.17, 15) is 4.79 Å². The molecular weight excluding hydrogens is 180 g/mol. The van der Waals surface area contributed by atoms with E-state index in [0.717, 1.165) is 25.7 Å². The zero-order chi connectivity index (χ0) is 8.27. The number of hydrogen-bond acceptors (Lipinski definition) is 2.